The molecule has 2 aromatic carbocycles. The van der Waals surface area contributed by atoms with Crippen LogP contribution in [0.15, 0.2) is 48.5 Å². The zero-order valence-electron chi connectivity index (χ0n) is 15.6. The first-order valence-corrected chi connectivity index (χ1v) is 11.2. The molecule has 0 radical (unpaired) electrons. The molecule has 1 unspecified atom stereocenters. The van der Waals surface area contributed by atoms with Crippen LogP contribution in [0.5, 0.6) is 0 Å². The Kier molecular flexibility index (Phi) is 6.55. The summed E-state index contributed by atoms with van der Waals surface area (Å²) in [5.74, 6) is 0. The van der Waals surface area contributed by atoms with E-state index in [-0.39, 0.29) is 12.1 Å². The van der Waals surface area contributed by atoms with E-state index in [0.29, 0.717) is 6.61 Å². The van der Waals surface area contributed by atoms with Crippen molar-refractivity contribution in [1.82, 2.24) is 9.62 Å². The quantitative estimate of drug-likeness (QED) is 0.794. The van der Waals surface area contributed by atoms with Gasteiger partial charge in [0.15, 0.2) is 0 Å². The Balaban J connectivity index is 1.62. The van der Waals surface area contributed by atoms with E-state index in [9.17, 15) is 8.42 Å². The molecule has 1 saturated heterocycles. The van der Waals surface area contributed by atoms with Gasteiger partial charge in [0.2, 0.25) is 10.0 Å². The van der Waals surface area contributed by atoms with Crippen molar-refractivity contribution in [1.29, 1.82) is 0 Å². The summed E-state index contributed by atoms with van der Waals surface area (Å²) in [6.07, 6.45) is 1.15. The fraction of sp³-hybridized carbons (Fsp3) is 0.400. The van der Waals surface area contributed by atoms with E-state index >= 15 is 0 Å². The van der Waals surface area contributed by atoms with Crippen LogP contribution >= 0.6 is 11.6 Å². The maximum Gasteiger partial charge on any atom is 0.209 e. The molecule has 1 aliphatic heterocycles. The molecule has 1 fully saturated rings. The Labute approximate surface area is 166 Å². The second kappa shape index (κ2) is 8.71. The van der Waals surface area contributed by atoms with Crippen molar-refractivity contribution in [3.05, 3.63) is 70.2 Å². The number of ether oxygens (including phenoxy) is 1. The minimum atomic E-state index is -3.22. The molecule has 5 nitrogen and oxygen atoms in total. The third kappa shape index (κ3) is 5.77. The van der Waals surface area contributed by atoms with Crippen molar-refractivity contribution in [2.45, 2.75) is 25.6 Å². The molecule has 2 atom stereocenters. The lowest BCUT2D eigenvalue weighted by Crippen LogP contribution is -2.37. The van der Waals surface area contributed by atoms with Crippen LogP contribution in [0.25, 0.3) is 0 Å². The predicted octanol–water partition coefficient (Wildman–Crippen LogP) is 3.52. The van der Waals surface area contributed by atoms with Crippen LogP contribution in [0.4, 0.5) is 0 Å². The average Bonchev–Trinajstić information content (AvgIpc) is 2.61. The van der Waals surface area contributed by atoms with Crippen LogP contribution in [0.1, 0.15) is 35.8 Å². The number of nitrogens with one attached hydrogen (secondary N) is 1. The molecule has 7 heteroatoms. The van der Waals surface area contributed by atoms with Gasteiger partial charge in [-0.05, 0) is 24.1 Å². The molecule has 0 bridgehead atoms. The van der Waals surface area contributed by atoms with E-state index in [1.54, 1.807) is 0 Å². The molecule has 1 aliphatic rings. The van der Waals surface area contributed by atoms with Crippen molar-refractivity contribution in [2.24, 2.45) is 0 Å². The summed E-state index contributed by atoms with van der Waals surface area (Å²) in [6, 6.07) is 15.6. The monoisotopic (exact) mass is 408 g/mol. The third-order valence-electron chi connectivity index (χ3n) is 4.68. The standard InChI is InChI=1S/C20H25ClN2O3S/c1-15(22-27(2,24)25)17-9-7-16(8-10-17)13-23-11-12-26-20(14-23)18-5-3-4-6-19(18)21/h3-10,15,20,22H,11-14H2,1-2H3/t15-,20?/m1/s1. The second-order valence-corrected chi connectivity index (χ2v) is 9.16. The normalized spacial score (nSPS) is 19.7. The highest BCUT2D eigenvalue weighted by atomic mass is 35.5. The lowest BCUT2D eigenvalue weighted by molar-refractivity contribution is -0.0328. The minimum Gasteiger partial charge on any atom is -0.371 e. The van der Waals surface area contributed by atoms with E-state index in [1.807, 2.05) is 43.3 Å². The summed E-state index contributed by atoms with van der Waals surface area (Å²) < 4.78 is 31.3. The number of morpholine rings is 1. The van der Waals surface area contributed by atoms with Crippen molar-refractivity contribution in [3.8, 4) is 0 Å². The minimum absolute atomic E-state index is 0.0225. The van der Waals surface area contributed by atoms with Gasteiger partial charge in [-0.3, -0.25) is 4.90 Å². The molecular formula is C20H25ClN2O3S. The van der Waals surface area contributed by atoms with E-state index < -0.39 is 10.0 Å². The zero-order valence-corrected chi connectivity index (χ0v) is 17.1. The Morgan fingerprint density at radius 1 is 1.22 bits per heavy atom. The van der Waals surface area contributed by atoms with Gasteiger partial charge in [-0.25, -0.2) is 13.1 Å². The highest BCUT2D eigenvalue weighted by molar-refractivity contribution is 7.88. The summed E-state index contributed by atoms with van der Waals surface area (Å²) in [5.41, 5.74) is 3.16. The fourth-order valence-electron chi connectivity index (χ4n) is 3.33. The number of halogens is 1. The lowest BCUT2D eigenvalue weighted by Gasteiger charge is -2.33. The van der Waals surface area contributed by atoms with Crippen LogP contribution in [0, 0.1) is 0 Å². The summed E-state index contributed by atoms with van der Waals surface area (Å²) in [5, 5.41) is 0.737. The Morgan fingerprint density at radius 3 is 2.59 bits per heavy atom. The van der Waals surface area contributed by atoms with E-state index in [1.165, 1.54) is 11.8 Å². The van der Waals surface area contributed by atoms with Crippen LogP contribution < -0.4 is 4.72 Å². The molecule has 27 heavy (non-hydrogen) atoms. The van der Waals surface area contributed by atoms with Crippen LogP contribution in [-0.2, 0) is 21.3 Å². The number of hydrogen-bond acceptors (Lipinski definition) is 4. The highest BCUT2D eigenvalue weighted by Gasteiger charge is 2.23. The number of benzene rings is 2. The van der Waals surface area contributed by atoms with Crippen molar-refractivity contribution >= 4 is 21.6 Å². The zero-order chi connectivity index (χ0) is 19.4. The first-order chi connectivity index (χ1) is 12.8. The fourth-order valence-corrected chi connectivity index (χ4v) is 4.37. The van der Waals surface area contributed by atoms with E-state index in [4.69, 9.17) is 16.3 Å². The van der Waals surface area contributed by atoms with Crippen molar-refractivity contribution < 1.29 is 13.2 Å². The van der Waals surface area contributed by atoms with Crippen LogP contribution in [-0.4, -0.2) is 39.3 Å². The molecule has 0 aliphatic carbocycles. The molecule has 146 valence electrons. The maximum atomic E-state index is 11.4. The van der Waals surface area contributed by atoms with E-state index in [0.717, 1.165) is 35.8 Å². The summed E-state index contributed by atoms with van der Waals surface area (Å²) >= 11 is 6.31. The summed E-state index contributed by atoms with van der Waals surface area (Å²) in [4.78, 5) is 2.35. The van der Waals surface area contributed by atoms with Gasteiger partial charge < -0.3 is 4.74 Å². The molecular weight excluding hydrogens is 384 g/mol. The van der Waals surface area contributed by atoms with Crippen molar-refractivity contribution in [3.63, 3.8) is 0 Å². The van der Waals surface area contributed by atoms with E-state index in [2.05, 4.69) is 21.8 Å². The van der Waals surface area contributed by atoms with Gasteiger partial charge in [0.25, 0.3) is 0 Å². The Hall–Kier alpha value is -1.44. The first kappa shape index (κ1) is 20.3. The molecule has 1 N–H and O–H groups in total. The average molecular weight is 409 g/mol. The first-order valence-electron chi connectivity index (χ1n) is 8.96. The van der Waals surface area contributed by atoms with Gasteiger partial charge in [0.1, 0.15) is 0 Å². The maximum absolute atomic E-state index is 11.4. The van der Waals surface area contributed by atoms with Gasteiger partial charge in [-0.15, -0.1) is 0 Å². The van der Waals surface area contributed by atoms with Gasteiger partial charge in [-0.2, -0.15) is 0 Å². The summed E-state index contributed by atoms with van der Waals surface area (Å²) in [7, 11) is -3.22. The molecule has 2 aromatic rings. The lowest BCUT2D eigenvalue weighted by atomic mass is 10.1. The molecule has 1 heterocycles. The molecule has 0 amide bonds. The third-order valence-corrected chi connectivity index (χ3v) is 5.81. The van der Waals surface area contributed by atoms with Gasteiger partial charge in [0, 0.05) is 36.3 Å². The number of rotatable bonds is 6. The van der Waals surface area contributed by atoms with Crippen LogP contribution in [0.2, 0.25) is 5.02 Å². The number of hydrogen-bond donors (Lipinski definition) is 1. The largest absolute Gasteiger partial charge is 0.371 e. The van der Waals surface area contributed by atoms with Gasteiger partial charge >= 0.3 is 0 Å². The highest BCUT2D eigenvalue weighted by Crippen LogP contribution is 2.29. The SMILES string of the molecule is C[C@@H](NS(C)(=O)=O)c1ccc(CN2CCOC(c3ccccc3Cl)C2)cc1. The molecule has 0 saturated carbocycles. The summed E-state index contributed by atoms with van der Waals surface area (Å²) in [6.45, 7) is 4.99. The Bertz CT molecular complexity index is 871. The number of sulfonamides is 1. The second-order valence-electron chi connectivity index (χ2n) is 6.97. The molecule has 0 aromatic heterocycles. The molecule has 0 spiro atoms. The molecule has 3 rings (SSSR count). The topological polar surface area (TPSA) is 58.6 Å². The van der Waals surface area contributed by atoms with Gasteiger partial charge in [-0.1, -0.05) is 54.1 Å². The van der Waals surface area contributed by atoms with Crippen molar-refractivity contribution in [2.75, 3.05) is 26.0 Å². The predicted molar refractivity (Wildman–Crippen MR) is 108 cm³/mol. The van der Waals surface area contributed by atoms with Gasteiger partial charge in [0.05, 0.1) is 19.0 Å². The Morgan fingerprint density at radius 2 is 1.93 bits per heavy atom. The number of nitrogens with zero attached hydrogens (tertiary/aromatic N) is 1. The smallest absolute Gasteiger partial charge is 0.209 e. The van der Waals surface area contributed by atoms with Crippen LogP contribution in [0.3, 0.4) is 0 Å².